The Balaban J connectivity index is 1.95. The third kappa shape index (κ3) is 4.18. The van der Waals surface area contributed by atoms with Crippen LogP contribution in [-0.2, 0) is 6.54 Å². The van der Waals surface area contributed by atoms with E-state index in [1.54, 1.807) is 24.3 Å². The van der Waals surface area contributed by atoms with Crippen LogP contribution in [0.4, 0.5) is 0 Å². The zero-order chi connectivity index (χ0) is 19.6. The quantitative estimate of drug-likeness (QED) is 0.694. The second-order valence-corrected chi connectivity index (χ2v) is 7.41. The molecule has 1 heterocycles. The summed E-state index contributed by atoms with van der Waals surface area (Å²) in [6.07, 6.45) is 3.89. The van der Waals surface area contributed by atoms with Gasteiger partial charge in [0.25, 0.3) is 0 Å². The molecule has 27 heavy (non-hydrogen) atoms. The van der Waals surface area contributed by atoms with Gasteiger partial charge in [0.1, 0.15) is 11.5 Å². The van der Waals surface area contributed by atoms with Crippen molar-refractivity contribution in [2.45, 2.75) is 33.2 Å². The van der Waals surface area contributed by atoms with E-state index in [0.29, 0.717) is 34.0 Å². The number of halogens is 1. The highest BCUT2D eigenvalue weighted by molar-refractivity contribution is 6.30. The minimum absolute atomic E-state index is 0.157. The number of hydrogen-bond donors (Lipinski definition) is 1. The van der Waals surface area contributed by atoms with Crippen LogP contribution in [0.5, 0.6) is 11.5 Å². The number of carbonyl (C=O) groups excluding carboxylic acids is 1. The van der Waals surface area contributed by atoms with Crippen LogP contribution >= 0.6 is 11.6 Å². The minimum atomic E-state index is -0.157. The summed E-state index contributed by atoms with van der Waals surface area (Å²) in [6.45, 7) is 5.40. The van der Waals surface area contributed by atoms with Crippen LogP contribution in [-0.4, -0.2) is 29.4 Å². The molecule has 5 heteroatoms. The Hall–Kier alpha value is -2.30. The fraction of sp³-hybridized carbons (Fsp3) is 0.318. The average Bonchev–Trinajstić information content (AvgIpc) is 2.95. The number of Topliss-reactive ketones (excluding diaryl/α,β-unsaturated/α-hetero) is 1. The van der Waals surface area contributed by atoms with Crippen LogP contribution in [0.15, 0.2) is 36.1 Å². The van der Waals surface area contributed by atoms with Gasteiger partial charge in [0.2, 0.25) is 5.78 Å². The summed E-state index contributed by atoms with van der Waals surface area (Å²) in [4.78, 5) is 15.0. The standard InChI is InChI=1S/C22H24ClNO3/c1-4-5-10-24(3)13-17-18(25)11-14(2)20-21(26)19(27-22(17)20)12-15-6-8-16(23)9-7-15/h6-9,11-12,25H,4-5,10,13H2,1-3H3/b19-12-. The molecule has 0 bridgehead atoms. The fourth-order valence-corrected chi connectivity index (χ4v) is 3.35. The summed E-state index contributed by atoms with van der Waals surface area (Å²) >= 11 is 5.92. The number of benzene rings is 2. The van der Waals surface area contributed by atoms with Gasteiger partial charge in [0.05, 0.1) is 11.1 Å². The molecular formula is C22H24ClNO3. The average molecular weight is 386 g/mol. The molecule has 1 N–H and O–H groups in total. The number of aromatic hydroxyl groups is 1. The first-order chi connectivity index (χ1) is 12.9. The van der Waals surface area contributed by atoms with Crippen molar-refractivity contribution in [3.63, 3.8) is 0 Å². The smallest absolute Gasteiger partial charge is 0.232 e. The largest absolute Gasteiger partial charge is 0.507 e. The Morgan fingerprint density at radius 2 is 1.96 bits per heavy atom. The highest BCUT2D eigenvalue weighted by atomic mass is 35.5. The number of fused-ring (bicyclic) bond motifs is 1. The van der Waals surface area contributed by atoms with Crippen molar-refractivity contribution in [2.75, 3.05) is 13.6 Å². The first kappa shape index (κ1) is 19.5. The molecule has 142 valence electrons. The van der Waals surface area contributed by atoms with Gasteiger partial charge in [-0.15, -0.1) is 0 Å². The maximum absolute atomic E-state index is 12.9. The molecule has 1 aliphatic rings. The Morgan fingerprint density at radius 3 is 2.63 bits per heavy atom. The molecule has 0 spiro atoms. The van der Waals surface area contributed by atoms with E-state index in [1.165, 1.54) is 0 Å². The van der Waals surface area contributed by atoms with Crippen molar-refractivity contribution in [1.29, 1.82) is 0 Å². The fourth-order valence-electron chi connectivity index (χ4n) is 3.22. The van der Waals surface area contributed by atoms with E-state index in [4.69, 9.17) is 16.3 Å². The van der Waals surface area contributed by atoms with Crippen molar-refractivity contribution in [2.24, 2.45) is 0 Å². The summed E-state index contributed by atoms with van der Waals surface area (Å²) < 4.78 is 5.94. The number of hydrogen-bond acceptors (Lipinski definition) is 4. The lowest BCUT2D eigenvalue weighted by Gasteiger charge is -2.19. The van der Waals surface area contributed by atoms with Gasteiger partial charge >= 0.3 is 0 Å². The van der Waals surface area contributed by atoms with Crippen molar-refractivity contribution in [1.82, 2.24) is 4.90 Å². The maximum Gasteiger partial charge on any atom is 0.232 e. The summed E-state index contributed by atoms with van der Waals surface area (Å²) in [7, 11) is 2.00. The van der Waals surface area contributed by atoms with Gasteiger partial charge in [0, 0.05) is 11.6 Å². The minimum Gasteiger partial charge on any atom is -0.507 e. The molecule has 1 aliphatic heterocycles. The zero-order valence-corrected chi connectivity index (χ0v) is 16.6. The molecule has 2 aromatic rings. The van der Waals surface area contributed by atoms with Crippen LogP contribution in [0.1, 0.15) is 46.8 Å². The monoisotopic (exact) mass is 385 g/mol. The number of rotatable bonds is 6. The van der Waals surface area contributed by atoms with Crippen LogP contribution in [0.3, 0.4) is 0 Å². The topological polar surface area (TPSA) is 49.8 Å². The summed E-state index contributed by atoms with van der Waals surface area (Å²) in [5.41, 5.74) is 2.74. The van der Waals surface area contributed by atoms with Crippen molar-refractivity contribution in [3.8, 4) is 11.5 Å². The lowest BCUT2D eigenvalue weighted by Crippen LogP contribution is -2.19. The van der Waals surface area contributed by atoms with E-state index in [0.717, 1.165) is 24.9 Å². The Labute approximate surface area is 165 Å². The number of nitrogens with zero attached hydrogens (tertiary/aromatic N) is 1. The predicted molar refractivity (Wildman–Crippen MR) is 108 cm³/mol. The summed E-state index contributed by atoms with van der Waals surface area (Å²) in [5.74, 6) is 0.740. The molecule has 2 aromatic carbocycles. The van der Waals surface area contributed by atoms with Gasteiger partial charge in [-0.05, 0) is 62.3 Å². The molecular weight excluding hydrogens is 362 g/mol. The summed E-state index contributed by atoms with van der Waals surface area (Å²) in [6, 6.07) is 8.85. The van der Waals surface area contributed by atoms with Crippen LogP contribution < -0.4 is 4.74 Å². The second kappa shape index (κ2) is 8.15. The SMILES string of the molecule is CCCCN(C)Cc1c(O)cc(C)c2c1O/C(=C\c1ccc(Cl)cc1)C2=O. The number of phenolic OH excluding ortho intramolecular Hbond substituents is 1. The number of aryl methyl sites for hydroxylation is 1. The molecule has 3 rings (SSSR count). The van der Waals surface area contributed by atoms with Crippen molar-refractivity contribution < 1.29 is 14.6 Å². The third-order valence-electron chi connectivity index (χ3n) is 4.71. The zero-order valence-electron chi connectivity index (χ0n) is 15.9. The van der Waals surface area contributed by atoms with E-state index in [-0.39, 0.29) is 17.3 Å². The van der Waals surface area contributed by atoms with Crippen LogP contribution in [0, 0.1) is 6.92 Å². The number of ether oxygens (including phenoxy) is 1. The lowest BCUT2D eigenvalue weighted by atomic mass is 9.99. The summed E-state index contributed by atoms with van der Waals surface area (Å²) in [5, 5.41) is 11.1. The van der Waals surface area contributed by atoms with Gasteiger partial charge < -0.3 is 14.7 Å². The molecule has 0 saturated carbocycles. The maximum atomic E-state index is 12.9. The normalized spacial score (nSPS) is 14.7. The molecule has 4 nitrogen and oxygen atoms in total. The van der Waals surface area contributed by atoms with E-state index < -0.39 is 0 Å². The first-order valence-corrected chi connectivity index (χ1v) is 9.52. The Kier molecular flexibility index (Phi) is 5.88. The molecule has 0 saturated heterocycles. The van der Waals surface area contributed by atoms with Gasteiger partial charge in [0.15, 0.2) is 5.76 Å². The Morgan fingerprint density at radius 1 is 1.26 bits per heavy atom. The van der Waals surface area contributed by atoms with Crippen molar-refractivity contribution >= 4 is 23.5 Å². The molecule has 0 unspecified atom stereocenters. The second-order valence-electron chi connectivity index (χ2n) is 6.98. The number of ketones is 1. The van der Waals surface area contributed by atoms with Crippen LogP contribution in [0.2, 0.25) is 5.02 Å². The van der Waals surface area contributed by atoms with Gasteiger partial charge in [-0.2, -0.15) is 0 Å². The Bertz CT molecular complexity index is 887. The molecule has 0 amide bonds. The van der Waals surface area contributed by atoms with Gasteiger partial charge in [-0.3, -0.25) is 4.79 Å². The number of allylic oxidation sites excluding steroid dienone is 1. The highest BCUT2D eigenvalue weighted by Crippen LogP contribution is 2.42. The van der Waals surface area contributed by atoms with Gasteiger partial charge in [-0.25, -0.2) is 0 Å². The number of carbonyl (C=O) groups is 1. The van der Waals surface area contributed by atoms with E-state index >= 15 is 0 Å². The predicted octanol–water partition coefficient (Wildman–Crippen LogP) is 5.20. The van der Waals surface area contributed by atoms with E-state index in [1.807, 2.05) is 26.1 Å². The van der Waals surface area contributed by atoms with E-state index in [9.17, 15) is 9.90 Å². The van der Waals surface area contributed by atoms with Crippen LogP contribution in [0.25, 0.3) is 6.08 Å². The number of phenols is 1. The number of unbranched alkanes of at least 4 members (excludes halogenated alkanes) is 1. The van der Waals surface area contributed by atoms with Crippen molar-refractivity contribution in [3.05, 3.63) is 63.4 Å². The lowest BCUT2D eigenvalue weighted by molar-refractivity contribution is 0.101. The van der Waals surface area contributed by atoms with Gasteiger partial charge in [-0.1, -0.05) is 37.1 Å². The molecule has 0 aromatic heterocycles. The third-order valence-corrected chi connectivity index (χ3v) is 4.96. The molecule has 0 fully saturated rings. The molecule has 0 aliphatic carbocycles. The first-order valence-electron chi connectivity index (χ1n) is 9.14. The highest BCUT2D eigenvalue weighted by Gasteiger charge is 2.33. The molecule has 0 radical (unpaired) electrons. The van der Waals surface area contributed by atoms with E-state index in [2.05, 4.69) is 11.8 Å². The molecule has 0 atom stereocenters.